The second kappa shape index (κ2) is 6.99. The molecule has 7 nitrogen and oxygen atoms in total. The van der Waals surface area contributed by atoms with E-state index >= 15 is 0 Å². The predicted molar refractivity (Wildman–Crippen MR) is 96.4 cm³/mol. The molecule has 3 rings (SSSR count). The predicted octanol–water partition coefficient (Wildman–Crippen LogP) is 1.95. The quantitative estimate of drug-likeness (QED) is 0.883. The molecule has 2 atom stereocenters. The lowest BCUT2D eigenvalue weighted by molar-refractivity contribution is -0.0179. The Balaban J connectivity index is 1.86. The number of ether oxygens (including phenoxy) is 2. The molecule has 1 saturated heterocycles. The Morgan fingerprint density at radius 3 is 2.54 bits per heavy atom. The number of rotatable bonds is 5. The minimum absolute atomic E-state index is 0.194. The highest BCUT2D eigenvalue weighted by atomic mass is 16.5. The van der Waals surface area contributed by atoms with Crippen molar-refractivity contribution < 1.29 is 19.4 Å². The van der Waals surface area contributed by atoms with E-state index in [4.69, 9.17) is 9.47 Å². The van der Waals surface area contributed by atoms with Crippen LogP contribution in [0.1, 0.15) is 35.8 Å². The molecule has 0 radical (unpaired) electrons. The van der Waals surface area contributed by atoms with Crippen molar-refractivity contribution in [2.24, 2.45) is 7.05 Å². The van der Waals surface area contributed by atoms with Gasteiger partial charge in [-0.25, -0.2) is 4.68 Å². The van der Waals surface area contributed by atoms with Crippen LogP contribution in [0.15, 0.2) is 30.3 Å². The van der Waals surface area contributed by atoms with E-state index in [0.717, 1.165) is 24.2 Å². The molecule has 1 aromatic heterocycles. The average Bonchev–Trinajstić information content (AvgIpc) is 3.28. The monoisotopic (exact) mass is 359 g/mol. The van der Waals surface area contributed by atoms with Gasteiger partial charge in [-0.1, -0.05) is 12.1 Å². The van der Waals surface area contributed by atoms with Gasteiger partial charge in [-0.3, -0.25) is 4.79 Å². The van der Waals surface area contributed by atoms with Crippen molar-refractivity contribution in [1.29, 1.82) is 0 Å². The molecule has 1 amide bonds. The summed E-state index contributed by atoms with van der Waals surface area (Å²) in [7, 11) is 4.87. The number of likely N-dealkylation sites (tertiary alicyclic amines) is 1. The summed E-state index contributed by atoms with van der Waals surface area (Å²) in [5, 5.41) is 15.5. The molecular formula is C19H25N3O4. The maximum absolute atomic E-state index is 13.0. The van der Waals surface area contributed by atoms with Gasteiger partial charge in [-0.05, 0) is 37.5 Å². The summed E-state index contributed by atoms with van der Waals surface area (Å²) in [5.41, 5.74) is -0.0968. The summed E-state index contributed by atoms with van der Waals surface area (Å²) >= 11 is 0. The first-order valence-corrected chi connectivity index (χ1v) is 8.64. The van der Waals surface area contributed by atoms with Crippen LogP contribution in [0.3, 0.4) is 0 Å². The number of nitrogens with zero attached hydrogens (tertiary/aromatic N) is 3. The van der Waals surface area contributed by atoms with Crippen LogP contribution in [-0.4, -0.2) is 52.5 Å². The Kier molecular flexibility index (Phi) is 4.91. The van der Waals surface area contributed by atoms with Crippen molar-refractivity contribution in [3.05, 3.63) is 41.6 Å². The lowest BCUT2D eigenvalue weighted by atomic mass is 9.86. The summed E-state index contributed by atoms with van der Waals surface area (Å²) in [4.78, 5) is 14.7. The third kappa shape index (κ3) is 3.14. The van der Waals surface area contributed by atoms with Gasteiger partial charge in [-0.15, -0.1) is 0 Å². The molecule has 2 heterocycles. The molecule has 0 bridgehead atoms. The van der Waals surface area contributed by atoms with E-state index in [0.29, 0.717) is 18.1 Å². The van der Waals surface area contributed by atoms with Crippen LogP contribution in [0.4, 0.5) is 0 Å². The number of amides is 1. The number of hydrogen-bond donors (Lipinski definition) is 1. The summed E-state index contributed by atoms with van der Waals surface area (Å²) in [6, 6.07) is 8.60. The minimum Gasteiger partial charge on any atom is -0.497 e. The number of methoxy groups -OCH3 is 2. The van der Waals surface area contributed by atoms with Crippen LogP contribution >= 0.6 is 0 Å². The Hall–Kier alpha value is -2.54. The molecule has 1 aliphatic heterocycles. The van der Waals surface area contributed by atoms with Crippen LogP contribution in [0.25, 0.3) is 0 Å². The second-order valence-corrected chi connectivity index (χ2v) is 6.73. The van der Waals surface area contributed by atoms with Gasteiger partial charge >= 0.3 is 0 Å². The number of hydrogen-bond acceptors (Lipinski definition) is 5. The van der Waals surface area contributed by atoms with E-state index in [9.17, 15) is 9.90 Å². The second-order valence-electron chi connectivity index (χ2n) is 6.73. The summed E-state index contributed by atoms with van der Waals surface area (Å²) in [5.74, 6) is 1.05. The smallest absolute Gasteiger partial charge is 0.274 e. The molecule has 1 aromatic carbocycles. The largest absolute Gasteiger partial charge is 0.497 e. The molecule has 1 fully saturated rings. The normalized spacial score (nSPS) is 19.3. The molecule has 7 heteroatoms. The third-order valence-electron chi connectivity index (χ3n) is 5.10. The zero-order valence-corrected chi connectivity index (χ0v) is 15.6. The highest BCUT2D eigenvalue weighted by molar-refractivity contribution is 5.93. The lowest BCUT2D eigenvalue weighted by Crippen LogP contribution is -2.48. The molecule has 1 aliphatic rings. The van der Waals surface area contributed by atoms with E-state index in [1.165, 1.54) is 4.68 Å². The van der Waals surface area contributed by atoms with Gasteiger partial charge in [0.2, 0.25) is 5.88 Å². The van der Waals surface area contributed by atoms with E-state index in [1.54, 1.807) is 39.2 Å². The van der Waals surface area contributed by atoms with Gasteiger partial charge in [-0.2, -0.15) is 5.10 Å². The van der Waals surface area contributed by atoms with E-state index in [1.807, 2.05) is 24.3 Å². The van der Waals surface area contributed by atoms with Crippen molar-refractivity contribution >= 4 is 5.91 Å². The van der Waals surface area contributed by atoms with Crippen LogP contribution in [0.2, 0.25) is 0 Å². The van der Waals surface area contributed by atoms with Gasteiger partial charge in [0, 0.05) is 19.7 Å². The van der Waals surface area contributed by atoms with Crippen molar-refractivity contribution in [1.82, 2.24) is 14.7 Å². The SMILES string of the molecule is COc1ccc([C@](C)(O)[C@H]2CCCN2C(=O)c2cc(OC)n(C)n2)cc1. The van der Waals surface area contributed by atoms with Crippen molar-refractivity contribution in [3.63, 3.8) is 0 Å². The molecule has 0 spiro atoms. The first-order chi connectivity index (χ1) is 12.4. The van der Waals surface area contributed by atoms with Crippen LogP contribution < -0.4 is 9.47 Å². The van der Waals surface area contributed by atoms with E-state index in [2.05, 4.69) is 5.10 Å². The summed E-state index contributed by atoms with van der Waals surface area (Å²) < 4.78 is 11.9. The molecule has 1 N–H and O–H groups in total. The van der Waals surface area contributed by atoms with Crippen molar-refractivity contribution in [2.45, 2.75) is 31.4 Å². The Bertz CT molecular complexity index is 783. The maximum Gasteiger partial charge on any atom is 0.274 e. The van der Waals surface area contributed by atoms with Crippen LogP contribution in [0, 0.1) is 0 Å². The molecular weight excluding hydrogens is 334 g/mol. The number of aliphatic hydroxyl groups is 1. The van der Waals surface area contributed by atoms with Gasteiger partial charge in [0.05, 0.1) is 20.3 Å². The highest BCUT2D eigenvalue weighted by Crippen LogP contribution is 2.36. The standard InChI is InChI=1S/C19H25N3O4/c1-19(24,13-7-9-14(25-3)10-8-13)16-6-5-11-22(16)18(23)15-12-17(26-4)21(2)20-15/h7-10,12,16,24H,5-6,11H2,1-4H3/t16-,19+/m1/s1. The molecule has 0 aliphatic carbocycles. The van der Waals surface area contributed by atoms with Crippen molar-refractivity contribution in [2.75, 3.05) is 20.8 Å². The molecule has 0 unspecified atom stereocenters. The third-order valence-corrected chi connectivity index (χ3v) is 5.10. The molecule has 2 aromatic rings. The average molecular weight is 359 g/mol. The number of carbonyl (C=O) groups is 1. The highest BCUT2D eigenvalue weighted by Gasteiger charge is 2.43. The van der Waals surface area contributed by atoms with Crippen LogP contribution in [0.5, 0.6) is 11.6 Å². The Labute approximate surface area is 153 Å². The molecule has 26 heavy (non-hydrogen) atoms. The maximum atomic E-state index is 13.0. The van der Waals surface area contributed by atoms with Crippen LogP contribution in [-0.2, 0) is 12.6 Å². The number of benzene rings is 1. The fourth-order valence-corrected chi connectivity index (χ4v) is 3.61. The first kappa shape index (κ1) is 18.3. The topological polar surface area (TPSA) is 76.8 Å². The summed E-state index contributed by atoms with van der Waals surface area (Å²) in [6.07, 6.45) is 1.57. The van der Waals surface area contributed by atoms with Crippen molar-refractivity contribution in [3.8, 4) is 11.6 Å². The number of aromatic nitrogens is 2. The van der Waals surface area contributed by atoms with Gasteiger partial charge in [0.1, 0.15) is 11.4 Å². The molecule has 0 saturated carbocycles. The zero-order valence-electron chi connectivity index (χ0n) is 15.6. The minimum atomic E-state index is -1.17. The fourth-order valence-electron chi connectivity index (χ4n) is 3.61. The number of carbonyl (C=O) groups excluding carboxylic acids is 1. The van der Waals surface area contributed by atoms with E-state index < -0.39 is 5.60 Å². The van der Waals surface area contributed by atoms with Gasteiger partial charge in [0.15, 0.2) is 5.69 Å². The zero-order chi connectivity index (χ0) is 18.9. The van der Waals surface area contributed by atoms with E-state index in [-0.39, 0.29) is 11.9 Å². The Morgan fingerprint density at radius 2 is 1.96 bits per heavy atom. The molecule has 140 valence electrons. The van der Waals surface area contributed by atoms with Gasteiger partial charge in [0.25, 0.3) is 5.91 Å². The fraction of sp³-hybridized carbons (Fsp3) is 0.474. The first-order valence-electron chi connectivity index (χ1n) is 8.64. The van der Waals surface area contributed by atoms with Gasteiger partial charge < -0.3 is 19.5 Å². The summed E-state index contributed by atoms with van der Waals surface area (Å²) in [6.45, 7) is 2.35. The Morgan fingerprint density at radius 1 is 1.27 bits per heavy atom. The lowest BCUT2D eigenvalue weighted by Gasteiger charge is -2.36. The number of aryl methyl sites for hydroxylation is 1.